The van der Waals surface area contributed by atoms with Gasteiger partial charge in [0, 0.05) is 12.4 Å². The largest absolute Gasteiger partial charge is 0.396 e. The van der Waals surface area contributed by atoms with E-state index in [4.69, 9.17) is 5.73 Å². The van der Waals surface area contributed by atoms with Crippen molar-refractivity contribution in [1.29, 1.82) is 0 Å². The van der Waals surface area contributed by atoms with E-state index in [2.05, 4.69) is 9.71 Å². The molecular weight excluding hydrogens is 269 g/mol. The number of nitrogens with two attached hydrogens (primary N) is 1. The van der Waals surface area contributed by atoms with Crippen molar-refractivity contribution >= 4 is 21.4 Å². The fourth-order valence-electron chi connectivity index (χ4n) is 1.47. The minimum Gasteiger partial charge on any atom is -0.396 e. The lowest BCUT2D eigenvalue weighted by Crippen LogP contribution is -2.14. The number of hydrogen-bond donors (Lipinski definition) is 2. The molecule has 1 heterocycles. The Bertz CT molecular complexity index is 717. The molecule has 2 rings (SSSR count). The minimum atomic E-state index is -3.85. The van der Waals surface area contributed by atoms with Crippen LogP contribution in [0.1, 0.15) is 5.56 Å². The number of rotatable bonds is 3. The Morgan fingerprint density at radius 2 is 2.05 bits per heavy atom. The van der Waals surface area contributed by atoms with Gasteiger partial charge in [-0.2, -0.15) is 0 Å². The number of nitrogens with one attached hydrogen (secondary N) is 1. The molecule has 19 heavy (non-hydrogen) atoms. The summed E-state index contributed by atoms with van der Waals surface area (Å²) in [7, 11) is -3.85. The van der Waals surface area contributed by atoms with Crippen LogP contribution < -0.4 is 10.5 Å². The molecule has 100 valence electrons. The first-order valence-electron chi connectivity index (χ1n) is 5.38. The van der Waals surface area contributed by atoms with Crippen LogP contribution >= 0.6 is 0 Å². The molecule has 0 atom stereocenters. The van der Waals surface area contributed by atoms with Crippen LogP contribution in [0.25, 0.3) is 0 Å². The molecule has 1 aromatic carbocycles. The average molecular weight is 281 g/mol. The summed E-state index contributed by atoms with van der Waals surface area (Å²) in [5.74, 6) is -0.769. The van der Waals surface area contributed by atoms with Crippen LogP contribution in [0.3, 0.4) is 0 Å². The SMILES string of the molecule is Cc1cnccc1NS(=O)(=O)c1ccc(N)c(F)c1. The molecule has 0 aliphatic heterocycles. The first-order chi connectivity index (χ1) is 8.90. The predicted octanol–water partition coefficient (Wildman–Crippen LogP) is 1.91. The van der Waals surface area contributed by atoms with Crippen molar-refractivity contribution in [3.63, 3.8) is 0 Å². The number of aromatic nitrogens is 1. The van der Waals surface area contributed by atoms with Gasteiger partial charge in [0.15, 0.2) is 0 Å². The molecule has 0 amide bonds. The molecule has 0 radical (unpaired) electrons. The molecule has 0 aliphatic carbocycles. The van der Waals surface area contributed by atoms with Crippen LogP contribution in [0.4, 0.5) is 15.8 Å². The third-order valence-corrected chi connectivity index (χ3v) is 3.91. The van der Waals surface area contributed by atoms with Crippen molar-refractivity contribution in [2.45, 2.75) is 11.8 Å². The Morgan fingerprint density at radius 1 is 1.32 bits per heavy atom. The van der Waals surface area contributed by atoms with E-state index in [-0.39, 0.29) is 10.6 Å². The summed E-state index contributed by atoms with van der Waals surface area (Å²) in [5.41, 5.74) is 6.28. The third-order valence-electron chi connectivity index (χ3n) is 2.55. The monoisotopic (exact) mass is 281 g/mol. The molecule has 0 bridgehead atoms. The molecular formula is C12H12FN3O2S. The summed E-state index contributed by atoms with van der Waals surface area (Å²) >= 11 is 0. The van der Waals surface area contributed by atoms with Crippen molar-refractivity contribution in [2.75, 3.05) is 10.5 Å². The molecule has 0 fully saturated rings. The Balaban J connectivity index is 2.38. The summed E-state index contributed by atoms with van der Waals surface area (Å²) < 4.78 is 39.8. The zero-order chi connectivity index (χ0) is 14.0. The Morgan fingerprint density at radius 3 is 2.68 bits per heavy atom. The van der Waals surface area contributed by atoms with E-state index in [1.165, 1.54) is 30.6 Å². The minimum absolute atomic E-state index is 0.0981. The topological polar surface area (TPSA) is 85.1 Å². The van der Waals surface area contributed by atoms with Crippen molar-refractivity contribution in [1.82, 2.24) is 4.98 Å². The van der Waals surface area contributed by atoms with Crippen molar-refractivity contribution in [2.24, 2.45) is 0 Å². The van der Waals surface area contributed by atoms with Crippen LogP contribution in [0.5, 0.6) is 0 Å². The van der Waals surface area contributed by atoms with Gasteiger partial charge in [-0.15, -0.1) is 0 Å². The molecule has 0 spiro atoms. The van der Waals surface area contributed by atoms with Gasteiger partial charge in [0.1, 0.15) is 5.82 Å². The number of hydrogen-bond acceptors (Lipinski definition) is 4. The third kappa shape index (κ3) is 2.82. The van der Waals surface area contributed by atoms with E-state index in [1.54, 1.807) is 6.92 Å². The molecule has 5 nitrogen and oxygen atoms in total. The second kappa shape index (κ2) is 4.85. The maximum Gasteiger partial charge on any atom is 0.262 e. The van der Waals surface area contributed by atoms with Gasteiger partial charge >= 0.3 is 0 Å². The first kappa shape index (κ1) is 13.3. The van der Waals surface area contributed by atoms with Gasteiger partial charge in [-0.3, -0.25) is 9.71 Å². The highest BCUT2D eigenvalue weighted by atomic mass is 32.2. The van der Waals surface area contributed by atoms with Crippen molar-refractivity contribution < 1.29 is 12.8 Å². The smallest absolute Gasteiger partial charge is 0.262 e. The quantitative estimate of drug-likeness (QED) is 0.842. The number of nitrogen functional groups attached to an aromatic ring is 1. The van der Waals surface area contributed by atoms with E-state index in [0.717, 1.165) is 6.07 Å². The van der Waals surface area contributed by atoms with Gasteiger partial charge in [0.25, 0.3) is 10.0 Å². The highest BCUT2D eigenvalue weighted by molar-refractivity contribution is 7.92. The highest BCUT2D eigenvalue weighted by Gasteiger charge is 2.16. The number of anilines is 2. The Kier molecular flexibility index (Phi) is 3.39. The number of benzene rings is 1. The van der Waals surface area contributed by atoms with Crippen LogP contribution in [0.2, 0.25) is 0 Å². The Labute approximate surface area is 110 Å². The lowest BCUT2D eigenvalue weighted by molar-refractivity contribution is 0.596. The van der Waals surface area contributed by atoms with Gasteiger partial charge in [0.05, 0.1) is 16.3 Å². The molecule has 7 heteroatoms. The lowest BCUT2D eigenvalue weighted by Gasteiger charge is -2.10. The maximum absolute atomic E-state index is 13.3. The van der Waals surface area contributed by atoms with E-state index >= 15 is 0 Å². The van der Waals surface area contributed by atoms with E-state index in [1.807, 2.05) is 0 Å². The van der Waals surface area contributed by atoms with Gasteiger partial charge in [-0.1, -0.05) is 0 Å². The molecule has 2 aromatic rings. The van der Waals surface area contributed by atoms with Crippen LogP contribution in [-0.2, 0) is 10.0 Å². The molecule has 0 aliphatic rings. The summed E-state index contributed by atoms with van der Waals surface area (Å²) in [4.78, 5) is 3.68. The molecule has 0 saturated heterocycles. The molecule has 0 unspecified atom stereocenters. The van der Waals surface area contributed by atoms with Gasteiger partial charge in [0.2, 0.25) is 0 Å². The second-order valence-corrected chi connectivity index (χ2v) is 5.66. The molecule has 0 saturated carbocycles. The fourth-order valence-corrected chi connectivity index (χ4v) is 2.61. The van der Waals surface area contributed by atoms with E-state index < -0.39 is 15.8 Å². The number of sulfonamides is 1. The molecule has 3 N–H and O–H groups in total. The number of halogens is 1. The van der Waals surface area contributed by atoms with Crippen LogP contribution in [-0.4, -0.2) is 13.4 Å². The van der Waals surface area contributed by atoms with E-state index in [0.29, 0.717) is 11.3 Å². The predicted molar refractivity (Wildman–Crippen MR) is 70.6 cm³/mol. The fraction of sp³-hybridized carbons (Fsp3) is 0.0833. The maximum atomic E-state index is 13.3. The Hall–Kier alpha value is -2.15. The van der Waals surface area contributed by atoms with Crippen molar-refractivity contribution in [3.05, 3.63) is 48.0 Å². The summed E-state index contributed by atoms with van der Waals surface area (Å²) in [5, 5.41) is 0. The second-order valence-electron chi connectivity index (χ2n) is 3.98. The normalized spacial score (nSPS) is 11.3. The highest BCUT2D eigenvalue weighted by Crippen LogP contribution is 2.21. The van der Waals surface area contributed by atoms with Gasteiger partial charge in [-0.05, 0) is 36.8 Å². The first-order valence-corrected chi connectivity index (χ1v) is 6.87. The van der Waals surface area contributed by atoms with Crippen LogP contribution in [0.15, 0.2) is 41.6 Å². The zero-order valence-electron chi connectivity index (χ0n) is 10.1. The molecule has 1 aromatic heterocycles. The van der Waals surface area contributed by atoms with Crippen molar-refractivity contribution in [3.8, 4) is 0 Å². The summed E-state index contributed by atoms with van der Waals surface area (Å²) in [6.07, 6.45) is 3.00. The van der Waals surface area contributed by atoms with Gasteiger partial charge < -0.3 is 5.73 Å². The number of aryl methyl sites for hydroxylation is 1. The zero-order valence-corrected chi connectivity index (χ0v) is 10.9. The number of nitrogens with zero attached hydrogens (tertiary/aromatic N) is 1. The van der Waals surface area contributed by atoms with Crippen LogP contribution in [0, 0.1) is 12.7 Å². The summed E-state index contributed by atoms with van der Waals surface area (Å²) in [6.45, 7) is 1.72. The average Bonchev–Trinajstić information content (AvgIpc) is 2.35. The lowest BCUT2D eigenvalue weighted by atomic mass is 10.3. The summed E-state index contributed by atoms with van der Waals surface area (Å²) in [6, 6.07) is 4.87. The van der Waals surface area contributed by atoms with Gasteiger partial charge in [-0.25, -0.2) is 12.8 Å². The standard InChI is InChI=1S/C12H12FN3O2S/c1-8-7-15-5-4-12(8)16-19(17,18)9-2-3-11(14)10(13)6-9/h2-7H,14H2,1H3,(H,15,16). The van der Waals surface area contributed by atoms with E-state index in [9.17, 15) is 12.8 Å². The number of pyridine rings is 1.